The van der Waals surface area contributed by atoms with Crippen LogP contribution < -0.4 is 4.90 Å². The zero-order valence-electron chi connectivity index (χ0n) is 7.42. The first-order chi connectivity index (χ1) is 6.36. The number of benzene rings is 1. The van der Waals surface area contributed by atoms with Crippen molar-refractivity contribution in [2.75, 3.05) is 11.4 Å². The number of carbonyl (C=O) groups excluding carboxylic acids is 1. The molecular weight excluding hydrogens is 174 g/mol. The van der Waals surface area contributed by atoms with Gasteiger partial charge in [-0.3, -0.25) is 4.79 Å². The minimum absolute atomic E-state index is 0. The Morgan fingerprint density at radius 1 is 1.07 bits per heavy atom. The van der Waals surface area contributed by atoms with Gasteiger partial charge >= 0.3 is 0 Å². The molecule has 0 aliphatic carbocycles. The molecule has 74 valence electrons. The van der Waals surface area contributed by atoms with Crippen molar-refractivity contribution in [1.82, 2.24) is 0 Å². The molecule has 0 radical (unpaired) electrons. The molecule has 2 aliphatic rings. The van der Waals surface area contributed by atoms with E-state index < -0.39 is 0 Å². The number of carbonyl (C=O) groups is 1. The lowest BCUT2D eigenvalue weighted by atomic mass is 10.00. The summed E-state index contributed by atoms with van der Waals surface area (Å²) in [4.78, 5) is 13.5. The molecule has 0 unspecified atom stereocenters. The average Bonchev–Trinajstić information content (AvgIpc) is 2.57. The van der Waals surface area contributed by atoms with Crippen LogP contribution in [-0.2, 0) is 17.6 Å². The maximum Gasteiger partial charge on any atom is 0.227 e. The number of nitrogens with zero attached hydrogens (tertiary/aromatic N) is 1. The van der Waals surface area contributed by atoms with E-state index in [4.69, 9.17) is 0 Å². The molecule has 0 saturated carbocycles. The van der Waals surface area contributed by atoms with Crippen LogP contribution in [0.4, 0.5) is 5.69 Å². The molecule has 0 atom stereocenters. The number of hydrogen-bond donors (Lipinski definition) is 0. The molecule has 2 aliphatic heterocycles. The molecular formula is C12H15NO. The molecule has 1 aromatic carbocycles. The molecule has 0 N–H and O–H groups in total. The van der Waals surface area contributed by atoms with Gasteiger partial charge in [-0.1, -0.05) is 25.6 Å². The highest BCUT2D eigenvalue weighted by atomic mass is 16.2. The second-order valence-electron chi connectivity index (χ2n) is 3.72. The van der Waals surface area contributed by atoms with E-state index >= 15 is 0 Å². The van der Waals surface area contributed by atoms with E-state index in [2.05, 4.69) is 18.2 Å². The zero-order valence-corrected chi connectivity index (χ0v) is 7.42. The first-order valence-electron chi connectivity index (χ1n) is 4.77. The average molecular weight is 189 g/mol. The lowest BCUT2D eigenvalue weighted by molar-refractivity contribution is -0.118. The van der Waals surface area contributed by atoms with Gasteiger partial charge < -0.3 is 4.90 Å². The summed E-state index contributed by atoms with van der Waals surface area (Å²) in [6.45, 7) is 0.894. The molecule has 2 heterocycles. The molecule has 0 spiro atoms. The van der Waals surface area contributed by atoms with Gasteiger partial charge in [-0.25, -0.2) is 0 Å². The van der Waals surface area contributed by atoms with Gasteiger partial charge in [0.05, 0.1) is 5.69 Å². The van der Waals surface area contributed by atoms with E-state index in [1.807, 2.05) is 4.90 Å². The Labute approximate surface area is 84.5 Å². The van der Waals surface area contributed by atoms with E-state index in [0.717, 1.165) is 19.4 Å². The Bertz CT molecular complexity index is 384. The quantitative estimate of drug-likeness (QED) is 0.612. The number of anilines is 1. The number of hydrogen-bond acceptors (Lipinski definition) is 1. The summed E-state index contributed by atoms with van der Waals surface area (Å²) in [5.41, 5.74) is 3.93. The summed E-state index contributed by atoms with van der Waals surface area (Å²) in [6.07, 6.45) is 2.66. The van der Waals surface area contributed by atoms with Gasteiger partial charge in [0.2, 0.25) is 5.91 Å². The summed E-state index contributed by atoms with van der Waals surface area (Å²) in [5, 5.41) is 0. The summed E-state index contributed by atoms with van der Waals surface area (Å²) >= 11 is 0. The Morgan fingerprint density at radius 3 is 2.57 bits per heavy atom. The third kappa shape index (κ3) is 1.07. The number of aryl methyl sites for hydroxylation is 1. The minimum atomic E-state index is 0. The highest BCUT2D eigenvalue weighted by Crippen LogP contribution is 2.35. The van der Waals surface area contributed by atoms with Gasteiger partial charge in [0, 0.05) is 13.0 Å². The van der Waals surface area contributed by atoms with E-state index in [1.54, 1.807) is 0 Å². The van der Waals surface area contributed by atoms with E-state index in [9.17, 15) is 4.79 Å². The van der Waals surface area contributed by atoms with E-state index in [-0.39, 0.29) is 7.43 Å². The first kappa shape index (κ1) is 9.25. The van der Waals surface area contributed by atoms with Crippen molar-refractivity contribution in [3.63, 3.8) is 0 Å². The minimum Gasteiger partial charge on any atom is -0.312 e. The molecule has 2 heteroatoms. The standard InChI is InChI=1S/C11H11NO.CH4/c13-10-5-4-8-2-1-3-9-6-7-12(10)11(8)9;/h1-3H,4-7H2;1H4. The Kier molecular flexibility index (Phi) is 2.06. The zero-order chi connectivity index (χ0) is 8.84. The van der Waals surface area contributed by atoms with Gasteiger partial charge in [0.1, 0.15) is 0 Å². The highest BCUT2D eigenvalue weighted by molar-refractivity contribution is 5.98. The maximum absolute atomic E-state index is 11.5. The normalized spacial score (nSPS) is 17.7. The summed E-state index contributed by atoms with van der Waals surface area (Å²) in [5.74, 6) is 0.303. The van der Waals surface area contributed by atoms with Gasteiger partial charge in [0.25, 0.3) is 0 Å². The molecule has 0 fully saturated rings. The number of rotatable bonds is 0. The monoisotopic (exact) mass is 189 g/mol. The second-order valence-corrected chi connectivity index (χ2v) is 3.72. The van der Waals surface area contributed by atoms with E-state index in [0.29, 0.717) is 12.3 Å². The fourth-order valence-corrected chi connectivity index (χ4v) is 2.36. The topological polar surface area (TPSA) is 20.3 Å². The molecule has 0 aromatic heterocycles. The van der Waals surface area contributed by atoms with Crippen molar-refractivity contribution in [2.24, 2.45) is 0 Å². The second kappa shape index (κ2) is 3.12. The van der Waals surface area contributed by atoms with Crippen molar-refractivity contribution < 1.29 is 4.79 Å². The SMILES string of the molecule is C.O=C1CCc2cccc3c2N1CC3. The van der Waals surface area contributed by atoms with Gasteiger partial charge in [-0.15, -0.1) is 0 Å². The summed E-state index contributed by atoms with van der Waals surface area (Å²) in [6, 6.07) is 6.38. The molecule has 2 nitrogen and oxygen atoms in total. The van der Waals surface area contributed by atoms with Crippen LogP contribution in [-0.4, -0.2) is 12.5 Å². The van der Waals surface area contributed by atoms with Crippen LogP contribution in [0.25, 0.3) is 0 Å². The predicted molar refractivity (Wildman–Crippen MR) is 57.6 cm³/mol. The third-order valence-electron chi connectivity index (χ3n) is 2.99. The van der Waals surface area contributed by atoms with Crippen LogP contribution in [0.15, 0.2) is 18.2 Å². The van der Waals surface area contributed by atoms with Crippen LogP contribution in [0.3, 0.4) is 0 Å². The van der Waals surface area contributed by atoms with Gasteiger partial charge in [-0.05, 0) is 24.0 Å². The Balaban J connectivity index is 0.000000750. The molecule has 1 amide bonds. The van der Waals surface area contributed by atoms with E-state index in [1.165, 1.54) is 16.8 Å². The fourth-order valence-electron chi connectivity index (χ4n) is 2.36. The van der Waals surface area contributed by atoms with Gasteiger partial charge in [-0.2, -0.15) is 0 Å². The largest absolute Gasteiger partial charge is 0.312 e. The molecule has 1 aromatic rings. The lowest BCUT2D eigenvalue weighted by Gasteiger charge is -2.24. The number of amides is 1. The molecule has 0 saturated heterocycles. The van der Waals surface area contributed by atoms with Gasteiger partial charge in [0.15, 0.2) is 0 Å². The highest BCUT2D eigenvalue weighted by Gasteiger charge is 2.30. The summed E-state index contributed by atoms with van der Waals surface area (Å²) in [7, 11) is 0. The lowest BCUT2D eigenvalue weighted by Crippen LogP contribution is -2.32. The van der Waals surface area contributed by atoms with Crippen LogP contribution in [0.5, 0.6) is 0 Å². The third-order valence-corrected chi connectivity index (χ3v) is 2.99. The van der Waals surface area contributed by atoms with Crippen molar-refractivity contribution in [3.8, 4) is 0 Å². The first-order valence-corrected chi connectivity index (χ1v) is 4.77. The van der Waals surface area contributed by atoms with Crippen LogP contribution >= 0.6 is 0 Å². The Hall–Kier alpha value is -1.31. The van der Waals surface area contributed by atoms with Crippen LogP contribution in [0, 0.1) is 0 Å². The predicted octanol–water partition coefficient (Wildman–Crippen LogP) is 2.16. The summed E-state index contributed by atoms with van der Waals surface area (Å²) < 4.78 is 0. The smallest absolute Gasteiger partial charge is 0.227 e. The van der Waals surface area contributed by atoms with Crippen LogP contribution in [0.2, 0.25) is 0 Å². The van der Waals surface area contributed by atoms with Crippen molar-refractivity contribution in [2.45, 2.75) is 26.7 Å². The Morgan fingerprint density at radius 2 is 1.79 bits per heavy atom. The number of para-hydroxylation sites is 1. The molecule has 14 heavy (non-hydrogen) atoms. The maximum atomic E-state index is 11.5. The van der Waals surface area contributed by atoms with Crippen molar-refractivity contribution in [3.05, 3.63) is 29.3 Å². The van der Waals surface area contributed by atoms with Crippen LogP contribution in [0.1, 0.15) is 25.0 Å². The molecule has 3 rings (SSSR count). The molecule has 0 bridgehead atoms. The fraction of sp³-hybridized carbons (Fsp3) is 0.417. The van der Waals surface area contributed by atoms with Crippen molar-refractivity contribution in [1.29, 1.82) is 0 Å². The van der Waals surface area contributed by atoms with Crippen molar-refractivity contribution >= 4 is 11.6 Å².